The van der Waals surface area contributed by atoms with Gasteiger partial charge in [0, 0.05) is 12.2 Å². The molecule has 0 saturated heterocycles. The molecule has 0 unspecified atom stereocenters. The van der Waals surface area contributed by atoms with Crippen LogP contribution < -0.4 is 10.6 Å². The third kappa shape index (κ3) is 3.58. The maximum absolute atomic E-state index is 13.5. The third-order valence-corrected chi connectivity index (χ3v) is 5.92. The summed E-state index contributed by atoms with van der Waals surface area (Å²) in [6.07, 6.45) is 0.623. The monoisotopic (exact) mass is 312 g/mol. The molecule has 0 spiro atoms. The van der Waals surface area contributed by atoms with Gasteiger partial charge in [0.05, 0.1) is 0 Å². The number of rotatable bonds is 4. The van der Waals surface area contributed by atoms with E-state index in [4.69, 9.17) is 0 Å². The molecule has 0 bridgehead atoms. The summed E-state index contributed by atoms with van der Waals surface area (Å²) in [5, 5.41) is 2.40. The van der Waals surface area contributed by atoms with Crippen LogP contribution in [0, 0.1) is 11.6 Å². The molecule has 110 valence electrons. The van der Waals surface area contributed by atoms with E-state index in [1.165, 1.54) is 22.7 Å². The summed E-state index contributed by atoms with van der Waals surface area (Å²) in [6.45, 7) is 0. The SMILES string of the molecule is Fc1cc(F)cc(CP(c2ccccc2)c2ccccc2)c1. The van der Waals surface area contributed by atoms with E-state index in [9.17, 15) is 8.78 Å². The van der Waals surface area contributed by atoms with E-state index in [1.807, 2.05) is 36.4 Å². The predicted octanol–water partition coefficient (Wildman–Crippen LogP) is 4.60. The lowest BCUT2D eigenvalue weighted by atomic mass is 10.2. The Morgan fingerprint density at radius 3 is 1.55 bits per heavy atom. The minimum absolute atomic E-state index is 0.522. The highest BCUT2D eigenvalue weighted by molar-refractivity contribution is 7.72. The Kier molecular flexibility index (Phi) is 4.60. The maximum Gasteiger partial charge on any atom is 0.126 e. The van der Waals surface area contributed by atoms with Crippen LogP contribution in [0.3, 0.4) is 0 Å². The molecule has 0 aliphatic heterocycles. The first kappa shape index (κ1) is 14.9. The molecule has 0 aromatic heterocycles. The zero-order valence-electron chi connectivity index (χ0n) is 11.9. The maximum atomic E-state index is 13.5. The minimum atomic E-state index is -0.685. The third-order valence-electron chi connectivity index (χ3n) is 3.40. The largest absolute Gasteiger partial charge is 0.207 e. The summed E-state index contributed by atoms with van der Waals surface area (Å²) < 4.78 is 26.9. The van der Waals surface area contributed by atoms with Gasteiger partial charge in [0.2, 0.25) is 0 Å². The van der Waals surface area contributed by atoms with Crippen molar-refractivity contribution in [1.29, 1.82) is 0 Å². The highest BCUT2D eigenvalue weighted by Gasteiger charge is 2.15. The molecule has 3 aromatic carbocycles. The summed E-state index contributed by atoms with van der Waals surface area (Å²) in [6, 6.07) is 24.0. The Balaban J connectivity index is 1.99. The predicted molar refractivity (Wildman–Crippen MR) is 89.1 cm³/mol. The average Bonchev–Trinajstić information content (AvgIpc) is 2.53. The summed E-state index contributed by atoms with van der Waals surface area (Å²) >= 11 is 0. The van der Waals surface area contributed by atoms with Gasteiger partial charge in [-0.2, -0.15) is 0 Å². The Hall–Kier alpha value is -2.05. The summed E-state index contributed by atoms with van der Waals surface area (Å²) in [5.74, 6) is -1.04. The van der Waals surface area contributed by atoms with Crippen molar-refractivity contribution < 1.29 is 8.78 Å². The van der Waals surface area contributed by atoms with E-state index in [-0.39, 0.29) is 0 Å². The Bertz CT molecular complexity index is 682. The van der Waals surface area contributed by atoms with Crippen molar-refractivity contribution >= 4 is 18.5 Å². The van der Waals surface area contributed by atoms with Crippen LogP contribution in [0.5, 0.6) is 0 Å². The first-order valence-electron chi connectivity index (χ1n) is 7.05. The van der Waals surface area contributed by atoms with E-state index in [0.717, 1.165) is 6.07 Å². The molecule has 22 heavy (non-hydrogen) atoms. The minimum Gasteiger partial charge on any atom is -0.207 e. The normalized spacial score (nSPS) is 10.9. The molecule has 0 saturated carbocycles. The topological polar surface area (TPSA) is 0 Å². The standard InChI is InChI=1S/C19H15F2P/c20-16-11-15(12-17(21)13-16)14-22(18-7-3-1-4-8-18)19-9-5-2-6-10-19/h1-13H,14H2. The van der Waals surface area contributed by atoms with E-state index in [0.29, 0.717) is 11.7 Å². The Morgan fingerprint density at radius 2 is 1.09 bits per heavy atom. The second-order valence-corrected chi connectivity index (χ2v) is 7.24. The van der Waals surface area contributed by atoms with Crippen molar-refractivity contribution in [3.05, 3.63) is 96.1 Å². The first-order valence-corrected chi connectivity index (χ1v) is 8.58. The van der Waals surface area contributed by atoms with E-state index < -0.39 is 19.6 Å². The highest BCUT2D eigenvalue weighted by atomic mass is 31.1. The lowest BCUT2D eigenvalue weighted by Crippen LogP contribution is -2.13. The van der Waals surface area contributed by atoms with Gasteiger partial charge in [-0.25, -0.2) is 8.78 Å². The van der Waals surface area contributed by atoms with E-state index in [1.54, 1.807) is 0 Å². The molecule has 0 fully saturated rings. The molecule has 3 heteroatoms. The molecule has 0 aliphatic carbocycles. The van der Waals surface area contributed by atoms with Crippen LogP contribution in [0.25, 0.3) is 0 Å². The molecule has 0 N–H and O–H groups in total. The number of halogens is 2. The molecule has 0 aliphatic rings. The van der Waals surface area contributed by atoms with Gasteiger partial charge in [-0.05, 0) is 36.2 Å². The smallest absolute Gasteiger partial charge is 0.126 e. The fraction of sp³-hybridized carbons (Fsp3) is 0.0526. The fourth-order valence-corrected chi connectivity index (χ4v) is 4.71. The highest BCUT2D eigenvalue weighted by Crippen LogP contribution is 2.37. The molecular formula is C19H15F2P. The molecule has 0 amide bonds. The van der Waals surface area contributed by atoms with Crippen molar-refractivity contribution in [1.82, 2.24) is 0 Å². The molecule has 0 heterocycles. The summed E-state index contributed by atoms with van der Waals surface area (Å²) in [5.41, 5.74) is 0.691. The molecule has 0 nitrogen and oxygen atoms in total. The van der Waals surface area contributed by atoms with Crippen LogP contribution in [-0.4, -0.2) is 0 Å². The Labute approximate surface area is 130 Å². The quantitative estimate of drug-likeness (QED) is 0.618. The number of hydrogen-bond donors (Lipinski definition) is 0. The van der Waals surface area contributed by atoms with Crippen LogP contribution in [0.1, 0.15) is 5.56 Å². The van der Waals surface area contributed by atoms with Gasteiger partial charge in [0.15, 0.2) is 0 Å². The Morgan fingerprint density at radius 1 is 0.636 bits per heavy atom. The van der Waals surface area contributed by atoms with Gasteiger partial charge >= 0.3 is 0 Å². The first-order chi connectivity index (χ1) is 10.7. The van der Waals surface area contributed by atoms with Gasteiger partial charge in [0.25, 0.3) is 0 Å². The van der Waals surface area contributed by atoms with Crippen LogP contribution in [0.4, 0.5) is 8.78 Å². The van der Waals surface area contributed by atoms with E-state index >= 15 is 0 Å². The lowest BCUT2D eigenvalue weighted by molar-refractivity contribution is 0.581. The van der Waals surface area contributed by atoms with Gasteiger partial charge in [-0.1, -0.05) is 60.7 Å². The van der Waals surface area contributed by atoms with Crippen LogP contribution in [-0.2, 0) is 6.16 Å². The van der Waals surface area contributed by atoms with Crippen molar-refractivity contribution in [2.24, 2.45) is 0 Å². The summed E-state index contributed by atoms with van der Waals surface area (Å²) in [7, 11) is -0.685. The van der Waals surface area contributed by atoms with Crippen LogP contribution in [0.15, 0.2) is 78.9 Å². The van der Waals surface area contributed by atoms with Crippen molar-refractivity contribution in [2.45, 2.75) is 6.16 Å². The summed E-state index contributed by atoms with van der Waals surface area (Å²) in [4.78, 5) is 0. The number of hydrogen-bond acceptors (Lipinski definition) is 0. The number of benzene rings is 3. The van der Waals surface area contributed by atoms with E-state index in [2.05, 4.69) is 24.3 Å². The molecular weight excluding hydrogens is 297 g/mol. The van der Waals surface area contributed by atoms with Crippen molar-refractivity contribution in [3.63, 3.8) is 0 Å². The van der Waals surface area contributed by atoms with Gasteiger partial charge in [-0.3, -0.25) is 0 Å². The van der Waals surface area contributed by atoms with Crippen LogP contribution >= 0.6 is 7.92 Å². The second kappa shape index (κ2) is 6.81. The molecule has 3 aromatic rings. The van der Waals surface area contributed by atoms with Crippen molar-refractivity contribution in [2.75, 3.05) is 0 Å². The average molecular weight is 312 g/mol. The van der Waals surface area contributed by atoms with Gasteiger partial charge < -0.3 is 0 Å². The molecule has 0 atom stereocenters. The molecule has 3 rings (SSSR count). The lowest BCUT2D eigenvalue weighted by Gasteiger charge is -2.19. The second-order valence-electron chi connectivity index (χ2n) is 5.03. The van der Waals surface area contributed by atoms with Gasteiger partial charge in [-0.15, -0.1) is 0 Å². The zero-order chi connectivity index (χ0) is 15.4. The van der Waals surface area contributed by atoms with Crippen molar-refractivity contribution in [3.8, 4) is 0 Å². The fourth-order valence-electron chi connectivity index (χ4n) is 2.43. The zero-order valence-corrected chi connectivity index (χ0v) is 12.8. The van der Waals surface area contributed by atoms with Gasteiger partial charge in [0.1, 0.15) is 11.6 Å². The molecule has 0 radical (unpaired) electrons. The van der Waals surface area contributed by atoms with Crippen LogP contribution in [0.2, 0.25) is 0 Å².